The van der Waals surface area contributed by atoms with E-state index in [4.69, 9.17) is 24.5 Å². The van der Waals surface area contributed by atoms with E-state index in [1.54, 1.807) is 24.3 Å². The molecule has 1 saturated carbocycles. The van der Waals surface area contributed by atoms with Crippen molar-refractivity contribution < 1.29 is 33.3 Å². The van der Waals surface area contributed by atoms with Gasteiger partial charge < -0.3 is 14.9 Å². The molecule has 3 fully saturated rings. The molecule has 0 aromatic heterocycles. The number of rotatable bonds is 7. The van der Waals surface area contributed by atoms with Gasteiger partial charge in [0.05, 0.1) is 6.61 Å². The Bertz CT molecular complexity index is 1010. The Balaban J connectivity index is 0.000000455. The zero-order valence-corrected chi connectivity index (χ0v) is 20.0. The number of halogens is 2. The summed E-state index contributed by atoms with van der Waals surface area (Å²) < 4.78 is 33.0. The number of benzene rings is 2. The summed E-state index contributed by atoms with van der Waals surface area (Å²) >= 11 is 0. The summed E-state index contributed by atoms with van der Waals surface area (Å²) in [6.07, 6.45) is 9.71. The van der Waals surface area contributed by atoms with Crippen LogP contribution in [-0.2, 0) is 14.3 Å². The molecular formula is C28H31F2NO5. The van der Waals surface area contributed by atoms with Crippen molar-refractivity contribution in [1.29, 1.82) is 0 Å². The number of hydrogen-bond donors (Lipinski definition) is 2. The fourth-order valence-corrected chi connectivity index (χ4v) is 5.13. The first-order valence-electron chi connectivity index (χ1n) is 12.3. The van der Waals surface area contributed by atoms with Crippen molar-refractivity contribution in [3.05, 3.63) is 82.9 Å². The summed E-state index contributed by atoms with van der Waals surface area (Å²) in [5, 5.41) is 14.8. The molecule has 2 aliphatic heterocycles. The maximum atomic E-state index is 13.4. The highest BCUT2D eigenvalue weighted by atomic mass is 19.1. The summed E-state index contributed by atoms with van der Waals surface area (Å²) in [4.78, 5) is 21.0. The van der Waals surface area contributed by atoms with Crippen LogP contribution in [0, 0.1) is 17.6 Å². The Kier molecular flexibility index (Phi) is 8.48. The van der Waals surface area contributed by atoms with Gasteiger partial charge in [-0.1, -0.05) is 35.9 Å². The van der Waals surface area contributed by atoms with Gasteiger partial charge in [-0.3, -0.25) is 4.90 Å². The monoisotopic (exact) mass is 499 g/mol. The lowest BCUT2D eigenvalue weighted by Gasteiger charge is -2.36. The largest absolute Gasteiger partial charge is 0.473 e. The van der Waals surface area contributed by atoms with Gasteiger partial charge in [-0.25, -0.2) is 18.4 Å². The minimum atomic E-state index is -1.82. The van der Waals surface area contributed by atoms with Gasteiger partial charge in [-0.05, 0) is 79.8 Å². The molecule has 8 heteroatoms. The van der Waals surface area contributed by atoms with Crippen molar-refractivity contribution in [2.45, 2.75) is 56.7 Å². The van der Waals surface area contributed by atoms with Crippen molar-refractivity contribution in [2.75, 3.05) is 13.2 Å². The van der Waals surface area contributed by atoms with E-state index in [1.807, 2.05) is 0 Å². The number of fused-ring (bicyclic) bond motifs is 2. The van der Waals surface area contributed by atoms with Crippen molar-refractivity contribution in [3.8, 4) is 0 Å². The number of aliphatic carboxylic acids is 2. The highest BCUT2D eigenvalue weighted by Gasteiger charge is 2.40. The topological polar surface area (TPSA) is 87.1 Å². The summed E-state index contributed by atoms with van der Waals surface area (Å²) in [5.41, 5.74) is 3.26. The SMILES string of the molecule is Fc1ccc(C(OCC=C2CC3CCC(C2)N3CC2CC2)c2ccc(F)cc2)cc1.O=C(O)C(=O)O. The van der Waals surface area contributed by atoms with E-state index in [-0.39, 0.29) is 17.7 Å². The molecule has 2 bridgehead atoms. The van der Waals surface area contributed by atoms with Gasteiger partial charge >= 0.3 is 11.9 Å². The minimum absolute atomic E-state index is 0.271. The average molecular weight is 500 g/mol. The standard InChI is InChI=1S/C26H29F2NO.C2H2O4/c27-22-7-3-20(4-8-22)26(21-5-9-23(28)10-6-21)30-14-13-19-15-24-11-12-25(16-19)29(24)17-18-1-2-18;3-1(4)2(5)6/h3-10,13,18,24-26H,1-2,11-12,14-17H2;(H,3,4)(H,5,6). The fourth-order valence-electron chi connectivity index (χ4n) is 5.13. The number of nitrogens with zero attached hydrogens (tertiary/aromatic N) is 1. The molecule has 0 spiro atoms. The molecule has 0 radical (unpaired) electrons. The Labute approximate surface area is 209 Å². The van der Waals surface area contributed by atoms with Crippen molar-refractivity contribution in [3.63, 3.8) is 0 Å². The van der Waals surface area contributed by atoms with Gasteiger partial charge in [0.25, 0.3) is 0 Å². The summed E-state index contributed by atoms with van der Waals surface area (Å²) in [7, 11) is 0. The zero-order valence-electron chi connectivity index (χ0n) is 20.0. The van der Waals surface area contributed by atoms with E-state index in [1.165, 1.54) is 62.1 Å². The number of ether oxygens (including phenoxy) is 1. The second-order valence-corrected chi connectivity index (χ2v) is 9.72. The molecule has 5 rings (SSSR count). The number of hydrogen-bond acceptors (Lipinski definition) is 4. The lowest BCUT2D eigenvalue weighted by atomic mass is 9.96. The zero-order chi connectivity index (χ0) is 25.7. The van der Waals surface area contributed by atoms with Crippen LogP contribution in [0.5, 0.6) is 0 Å². The molecule has 2 heterocycles. The van der Waals surface area contributed by atoms with Crippen molar-refractivity contribution in [1.82, 2.24) is 4.90 Å². The third kappa shape index (κ3) is 6.98. The van der Waals surface area contributed by atoms with Gasteiger partial charge in [-0.15, -0.1) is 0 Å². The predicted molar refractivity (Wildman–Crippen MR) is 129 cm³/mol. The molecule has 6 nitrogen and oxygen atoms in total. The van der Waals surface area contributed by atoms with Crippen LogP contribution >= 0.6 is 0 Å². The van der Waals surface area contributed by atoms with Gasteiger partial charge in [0.2, 0.25) is 0 Å². The molecular weight excluding hydrogens is 468 g/mol. The molecule has 2 aromatic rings. The van der Waals surface area contributed by atoms with Gasteiger partial charge in [-0.2, -0.15) is 0 Å². The highest BCUT2D eigenvalue weighted by Crippen LogP contribution is 2.41. The van der Waals surface area contributed by atoms with E-state index in [9.17, 15) is 8.78 Å². The molecule has 2 atom stereocenters. The summed E-state index contributed by atoms with van der Waals surface area (Å²) in [6.45, 7) is 1.81. The molecule has 1 aliphatic carbocycles. The Morgan fingerprint density at radius 1 is 0.861 bits per heavy atom. The second-order valence-electron chi connectivity index (χ2n) is 9.72. The maximum Gasteiger partial charge on any atom is 0.414 e. The van der Waals surface area contributed by atoms with Gasteiger partial charge in [0.1, 0.15) is 17.7 Å². The lowest BCUT2D eigenvalue weighted by Crippen LogP contribution is -2.41. The quantitative estimate of drug-likeness (QED) is 0.403. The Morgan fingerprint density at radius 2 is 1.33 bits per heavy atom. The molecule has 2 saturated heterocycles. The van der Waals surface area contributed by atoms with Gasteiger partial charge in [0, 0.05) is 18.6 Å². The first-order chi connectivity index (χ1) is 17.3. The fraction of sp³-hybridized carbons (Fsp3) is 0.429. The third-order valence-electron chi connectivity index (χ3n) is 7.10. The van der Waals surface area contributed by atoms with E-state index in [0.29, 0.717) is 18.7 Å². The van der Waals surface area contributed by atoms with Crippen LogP contribution in [0.3, 0.4) is 0 Å². The number of carboxylic acid groups (broad SMARTS) is 2. The van der Waals surface area contributed by atoms with E-state index in [0.717, 1.165) is 29.9 Å². The molecule has 36 heavy (non-hydrogen) atoms. The van der Waals surface area contributed by atoms with Crippen LogP contribution in [0.2, 0.25) is 0 Å². The Morgan fingerprint density at radius 3 is 1.75 bits per heavy atom. The first-order valence-corrected chi connectivity index (χ1v) is 12.3. The molecule has 3 aliphatic rings. The third-order valence-corrected chi connectivity index (χ3v) is 7.10. The normalized spacial score (nSPS) is 21.1. The molecule has 2 aromatic carbocycles. The number of piperidine rings is 1. The van der Waals surface area contributed by atoms with Crippen LogP contribution in [0.4, 0.5) is 8.78 Å². The van der Waals surface area contributed by atoms with Crippen LogP contribution in [0.15, 0.2) is 60.2 Å². The highest BCUT2D eigenvalue weighted by molar-refractivity contribution is 6.27. The number of carbonyl (C=O) groups is 2. The van der Waals surface area contributed by atoms with E-state index < -0.39 is 11.9 Å². The van der Waals surface area contributed by atoms with Crippen LogP contribution in [0.25, 0.3) is 0 Å². The van der Waals surface area contributed by atoms with Crippen molar-refractivity contribution in [2.24, 2.45) is 5.92 Å². The summed E-state index contributed by atoms with van der Waals surface area (Å²) in [6, 6.07) is 14.2. The molecule has 192 valence electrons. The van der Waals surface area contributed by atoms with Crippen LogP contribution < -0.4 is 0 Å². The molecule has 2 unspecified atom stereocenters. The molecule has 0 amide bonds. The predicted octanol–water partition coefficient (Wildman–Crippen LogP) is 5.19. The second kappa shape index (κ2) is 11.8. The van der Waals surface area contributed by atoms with Crippen LogP contribution in [-0.4, -0.2) is 52.3 Å². The van der Waals surface area contributed by atoms with E-state index >= 15 is 0 Å². The van der Waals surface area contributed by atoms with Crippen LogP contribution in [0.1, 0.15) is 55.8 Å². The van der Waals surface area contributed by atoms with Crippen molar-refractivity contribution >= 4 is 11.9 Å². The smallest absolute Gasteiger partial charge is 0.414 e. The summed E-state index contributed by atoms with van der Waals surface area (Å²) in [5.74, 6) is -3.24. The average Bonchev–Trinajstić information content (AvgIpc) is 3.64. The maximum absolute atomic E-state index is 13.4. The van der Waals surface area contributed by atoms with Gasteiger partial charge in [0.15, 0.2) is 0 Å². The lowest BCUT2D eigenvalue weighted by molar-refractivity contribution is -0.159. The number of carboxylic acids is 2. The molecule has 2 N–H and O–H groups in total. The minimum Gasteiger partial charge on any atom is -0.473 e. The first kappa shape index (κ1) is 26.0. The van der Waals surface area contributed by atoms with E-state index in [2.05, 4.69) is 11.0 Å². The Hall–Kier alpha value is -3.10.